The molecule has 1 heterocycles. The average Bonchev–Trinajstić information content (AvgIpc) is 2.49. The summed E-state index contributed by atoms with van der Waals surface area (Å²) in [4.78, 5) is 14.7. The number of benzene rings is 1. The van der Waals surface area contributed by atoms with Gasteiger partial charge in [-0.15, -0.1) is 0 Å². The Morgan fingerprint density at radius 2 is 2.09 bits per heavy atom. The van der Waals surface area contributed by atoms with Gasteiger partial charge in [-0.1, -0.05) is 36.2 Å². The minimum atomic E-state index is -0.0258. The van der Waals surface area contributed by atoms with Crippen LogP contribution in [0.5, 0.6) is 0 Å². The number of rotatable bonds is 5. The van der Waals surface area contributed by atoms with E-state index in [9.17, 15) is 4.79 Å². The quantitative estimate of drug-likeness (QED) is 0.858. The van der Waals surface area contributed by atoms with Crippen molar-refractivity contribution >= 4 is 29.1 Å². The van der Waals surface area contributed by atoms with E-state index in [4.69, 9.17) is 23.2 Å². The average molecular weight is 357 g/mol. The molecular formula is C18H26Cl2N2O. The number of carbonyl (C=O) groups is 1. The minimum Gasteiger partial charge on any atom is -0.354 e. The Morgan fingerprint density at radius 1 is 1.35 bits per heavy atom. The molecule has 1 atom stereocenters. The van der Waals surface area contributed by atoms with Gasteiger partial charge >= 0.3 is 0 Å². The SMILES string of the molecule is CC1CCCN(C(C)(C)CNC(=O)Cc2ccc(Cl)c(Cl)c2)C1. The third kappa shape index (κ3) is 5.37. The number of halogens is 2. The molecule has 5 heteroatoms. The number of nitrogens with one attached hydrogen (secondary N) is 1. The van der Waals surface area contributed by atoms with Gasteiger partial charge in [0.1, 0.15) is 0 Å². The van der Waals surface area contributed by atoms with Crippen LogP contribution in [-0.2, 0) is 11.2 Å². The van der Waals surface area contributed by atoms with Crippen LogP contribution in [0.2, 0.25) is 10.0 Å². The molecule has 3 nitrogen and oxygen atoms in total. The highest BCUT2D eigenvalue weighted by atomic mass is 35.5. The molecule has 0 spiro atoms. The van der Waals surface area contributed by atoms with E-state index in [2.05, 4.69) is 31.0 Å². The van der Waals surface area contributed by atoms with E-state index in [1.165, 1.54) is 12.8 Å². The molecule has 2 rings (SSSR count). The van der Waals surface area contributed by atoms with Crippen LogP contribution in [0.25, 0.3) is 0 Å². The highest BCUT2D eigenvalue weighted by Gasteiger charge is 2.30. The van der Waals surface area contributed by atoms with Gasteiger partial charge in [0.05, 0.1) is 16.5 Å². The van der Waals surface area contributed by atoms with E-state index in [0.717, 1.165) is 24.6 Å². The molecule has 1 saturated heterocycles. The van der Waals surface area contributed by atoms with Crippen molar-refractivity contribution in [2.75, 3.05) is 19.6 Å². The van der Waals surface area contributed by atoms with Gasteiger partial charge in [-0.3, -0.25) is 9.69 Å². The molecule has 0 bridgehead atoms. The van der Waals surface area contributed by atoms with Crippen molar-refractivity contribution in [2.24, 2.45) is 5.92 Å². The lowest BCUT2D eigenvalue weighted by Crippen LogP contribution is -2.54. The molecule has 0 radical (unpaired) electrons. The summed E-state index contributed by atoms with van der Waals surface area (Å²) in [6.07, 6.45) is 2.86. The maximum absolute atomic E-state index is 12.2. The summed E-state index contributed by atoms with van der Waals surface area (Å²) in [5, 5.41) is 4.06. The number of hydrogen-bond acceptors (Lipinski definition) is 2. The molecule has 0 aliphatic carbocycles. The zero-order valence-corrected chi connectivity index (χ0v) is 15.7. The molecule has 1 aliphatic rings. The van der Waals surface area contributed by atoms with Crippen LogP contribution >= 0.6 is 23.2 Å². The van der Waals surface area contributed by atoms with Crippen molar-refractivity contribution in [1.29, 1.82) is 0 Å². The molecule has 1 N–H and O–H groups in total. The van der Waals surface area contributed by atoms with Gasteiger partial charge in [-0.2, -0.15) is 0 Å². The summed E-state index contributed by atoms with van der Waals surface area (Å²) in [5.74, 6) is 0.747. The predicted octanol–water partition coefficient (Wildman–Crippen LogP) is 4.16. The molecule has 1 aromatic rings. The molecule has 1 amide bonds. The standard InChI is InChI=1S/C18H26Cl2N2O/c1-13-5-4-8-22(11-13)18(2,3)12-21-17(23)10-14-6-7-15(19)16(20)9-14/h6-7,9,13H,4-5,8,10-12H2,1-3H3,(H,21,23). The molecule has 1 unspecified atom stereocenters. The fourth-order valence-corrected chi connectivity index (χ4v) is 3.38. The van der Waals surface area contributed by atoms with Crippen molar-refractivity contribution in [2.45, 2.75) is 45.6 Å². The topological polar surface area (TPSA) is 32.3 Å². The van der Waals surface area contributed by atoms with Crippen LogP contribution in [0, 0.1) is 5.92 Å². The van der Waals surface area contributed by atoms with Crippen molar-refractivity contribution in [3.05, 3.63) is 33.8 Å². The third-order valence-corrected chi connectivity index (χ3v) is 5.32. The van der Waals surface area contributed by atoms with Gasteiger partial charge in [-0.05, 0) is 56.8 Å². The Hall–Kier alpha value is -0.770. The highest BCUT2D eigenvalue weighted by molar-refractivity contribution is 6.42. The first-order valence-electron chi connectivity index (χ1n) is 8.23. The smallest absolute Gasteiger partial charge is 0.224 e. The molecule has 1 aliphatic heterocycles. The van der Waals surface area contributed by atoms with Gasteiger partial charge < -0.3 is 5.32 Å². The van der Waals surface area contributed by atoms with Crippen molar-refractivity contribution in [3.63, 3.8) is 0 Å². The van der Waals surface area contributed by atoms with Gasteiger partial charge in [0.25, 0.3) is 0 Å². The lowest BCUT2D eigenvalue weighted by atomic mass is 9.93. The van der Waals surface area contributed by atoms with Crippen LogP contribution < -0.4 is 5.32 Å². The lowest BCUT2D eigenvalue weighted by Gasteiger charge is -2.43. The number of amides is 1. The highest BCUT2D eigenvalue weighted by Crippen LogP contribution is 2.24. The second-order valence-corrected chi connectivity index (χ2v) is 8.02. The Balaban J connectivity index is 1.86. The Kier molecular flexibility index (Phi) is 6.35. The number of piperidine rings is 1. The van der Waals surface area contributed by atoms with Gasteiger partial charge in [0.15, 0.2) is 0 Å². The van der Waals surface area contributed by atoms with Gasteiger partial charge in [-0.25, -0.2) is 0 Å². The predicted molar refractivity (Wildman–Crippen MR) is 97.2 cm³/mol. The van der Waals surface area contributed by atoms with Gasteiger partial charge in [0, 0.05) is 18.6 Å². The second-order valence-electron chi connectivity index (χ2n) is 7.21. The summed E-state index contributed by atoms with van der Waals surface area (Å²) in [5.41, 5.74) is 0.850. The van der Waals surface area contributed by atoms with Crippen molar-refractivity contribution < 1.29 is 4.79 Å². The third-order valence-electron chi connectivity index (χ3n) is 4.58. The molecular weight excluding hydrogens is 331 g/mol. The first-order valence-corrected chi connectivity index (χ1v) is 8.99. The fraction of sp³-hybridized carbons (Fsp3) is 0.611. The van der Waals surface area contributed by atoms with Crippen molar-refractivity contribution in [1.82, 2.24) is 10.2 Å². The first-order chi connectivity index (χ1) is 10.8. The summed E-state index contributed by atoms with van der Waals surface area (Å²) in [6, 6.07) is 5.32. The Bertz CT molecular complexity index is 560. The van der Waals surface area contributed by atoms with Crippen molar-refractivity contribution in [3.8, 4) is 0 Å². The zero-order chi connectivity index (χ0) is 17.0. The van der Waals surface area contributed by atoms with Crippen LogP contribution in [0.1, 0.15) is 39.2 Å². The number of hydrogen-bond donors (Lipinski definition) is 1. The molecule has 0 aromatic heterocycles. The van der Waals surface area contributed by atoms with Gasteiger partial charge in [0.2, 0.25) is 5.91 Å². The maximum atomic E-state index is 12.2. The number of nitrogens with zero attached hydrogens (tertiary/aromatic N) is 1. The van der Waals surface area contributed by atoms with E-state index in [1.807, 2.05) is 6.07 Å². The van der Waals surface area contributed by atoms with Crippen LogP contribution in [0.4, 0.5) is 0 Å². The summed E-state index contributed by atoms with van der Waals surface area (Å²) >= 11 is 11.9. The largest absolute Gasteiger partial charge is 0.354 e. The second kappa shape index (κ2) is 7.87. The van der Waals surface area contributed by atoms with Crippen LogP contribution in [0.3, 0.4) is 0 Å². The summed E-state index contributed by atoms with van der Waals surface area (Å²) in [6.45, 7) is 9.57. The normalized spacial score (nSPS) is 19.6. The summed E-state index contributed by atoms with van der Waals surface area (Å²) < 4.78 is 0. The van der Waals surface area contributed by atoms with E-state index in [1.54, 1.807) is 12.1 Å². The maximum Gasteiger partial charge on any atom is 0.224 e. The van der Waals surface area contributed by atoms with E-state index in [0.29, 0.717) is 23.0 Å². The minimum absolute atomic E-state index is 0.0153. The van der Waals surface area contributed by atoms with E-state index >= 15 is 0 Å². The lowest BCUT2D eigenvalue weighted by molar-refractivity contribution is -0.121. The fourth-order valence-electron chi connectivity index (χ4n) is 3.06. The van der Waals surface area contributed by atoms with Crippen LogP contribution in [0.15, 0.2) is 18.2 Å². The Morgan fingerprint density at radius 3 is 2.74 bits per heavy atom. The van der Waals surface area contributed by atoms with Crippen LogP contribution in [-0.4, -0.2) is 36.0 Å². The Labute approximate surface area is 149 Å². The molecule has 23 heavy (non-hydrogen) atoms. The number of likely N-dealkylation sites (tertiary alicyclic amines) is 1. The monoisotopic (exact) mass is 356 g/mol. The first kappa shape index (κ1) is 18.6. The van der Waals surface area contributed by atoms with E-state index in [-0.39, 0.29) is 11.4 Å². The molecule has 128 valence electrons. The zero-order valence-electron chi connectivity index (χ0n) is 14.2. The molecule has 1 fully saturated rings. The summed E-state index contributed by atoms with van der Waals surface area (Å²) in [7, 11) is 0. The van der Waals surface area contributed by atoms with E-state index < -0.39 is 0 Å². The molecule has 0 saturated carbocycles. The molecule has 1 aromatic carbocycles. The number of carbonyl (C=O) groups excluding carboxylic acids is 1.